The Morgan fingerprint density at radius 1 is 1.18 bits per heavy atom. The van der Waals surface area contributed by atoms with E-state index < -0.39 is 5.97 Å². The van der Waals surface area contributed by atoms with E-state index in [1.165, 1.54) is 0 Å². The molecule has 1 fully saturated rings. The van der Waals surface area contributed by atoms with Crippen LogP contribution in [0.2, 0.25) is 0 Å². The van der Waals surface area contributed by atoms with Crippen molar-refractivity contribution < 1.29 is 24.2 Å². The van der Waals surface area contributed by atoms with E-state index in [-0.39, 0.29) is 24.5 Å². The Bertz CT molecular complexity index is 514. The molecule has 0 spiro atoms. The van der Waals surface area contributed by atoms with Crippen LogP contribution in [0.25, 0.3) is 0 Å². The first-order valence-electron chi connectivity index (χ1n) is 7.46. The van der Waals surface area contributed by atoms with Gasteiger partial charge >= 0.3 is 5.97 Å². The van der Waals surface area contributed by atoms with E-state index in [9.17, 15) is 9.59 Å². The van der Waals surface area contributed by atoms with E-state index in [0.29, 0.717) is 31.6 Å². The Balaban J connectivity index is 1.72. The topological polar surface area (TPSA) is 84.9 Å². The summed E-state index contributed by atoms with van der Waals surface area (Å²) in [6.45, 7) is 2.43. The molecular weight excluding hydrogens is 286 g/mol. The molecule has 0 saturated heterocycles. The number of ether oxygens (including phenoxy) is 2. The van der Waals surface area contributed by atoms with E-state index in [1.807, 2.05) is 6.92 Å². The molecule has 1 aliphatic rings. The molecule has 6 heteroatoms. The molecule has 2 atom stereocenters. The zero-order valence-corrected chi connectivity index (χ0v) is 12.6. The summed E-state index contributed by atoms with van der Waals surface area (Å²) in [6, 6.07) is 6.98. The number of amides is 1. The second kappa shape index (κ2) is 7.68. The number of carboxylic acids is 1. The molecule has 120 valence electrons. The fourth-order valence-electron chi connectivity index (χ4n) is 2.55. The maximum atomic E-state index is 11.8. The minimum atomic E-state index is -0.789. The average molecular weight is 307 g/mol. The predicted octanol–water partition coefficient (Wildman–Crippen LogP) is 1.83. The van der Waals surface area contributed by atoms with Crippen LogP contribution in [-0.4, -0.2) is 36.2 Å². The van der Waals surface area contributed by atoms with Gasteiger partial charge in [0, 0.05) is 6.04 Å². The molecular formula is C16H21NO5. The highest BCUT2D eigenvalue weighted by Crippen LogP contribution is 2.25. The first-order chi connectivity index (χ1) is 10.6. The second-order valence-electron chi connectivity index (χ2n) is 5.31. The quantitative estimate of drug-likeness (QED) is 0.803. The van der Waals surface area contributed by atoms with Gasteiger partial charge in [0.25, 0.3) is 5.91 Å². The summed E-state index contributed by atoms with van der Waals surface area (Å²) >= 11 is 0. The molecule has 0 heterocycles. The van der Waals surface area contributed by atoms with Crippen LogP contribution in [0.4, 0.5) is 0 Å². The van der Waals surface area contributed by atoms with Crippen LogP contribution in [0.1, 0.15) is 26.2 Å². The predicted molar refractivity (Wildman–Crippen MR) is 80.0 cm³/mol. The van der Waals surface area contributed by atoms with Crippen molar-refractivity contribution in [3.63, 3.8) is 0 Å². The summed E-state index contributed by atoms with van der Waals surface area (Å²) in [5.74, 6) is -0.0250. The lowest BCUT2D eigenvalue weighted by Gasteiger charge is -2.13. The Morgan fingerprint density at radius 3 is 2.36 bits per heavy atom. The number of carbonyl (C=O) groups excluding carboxylic acids is 1. The fourth-order valence-corrected chi connectivity index (χ4v) is 2.55. The van der Waals surface area contributed by atoms with Crippen LogP contribution >= 0.6 is 0 Å². The molecule has 1 amide bonds. The minimum Gasteiger partial charge on any atom is -0.494 e. The summed E-state index contributed by atoms with van der Waals surface area (Å²) in [6.07, 6.45) is 1.80. The first kappa shape index (κ1) is 16.1. The molecule has 1 aromatic rings. The molecule has 0 unspecified atom stereocenters. The van der Waals surface area contributed by atoms with E-state index in [0.717, 1.165) is 5.75 Å². The number of rotatable bonds is 7. The van der Waals surface area contributed by atoms with Gasteiger partial charge in [0.1, 0.15) is 11.5 Å². The number of carbonyl (C=O) groups is 2. The SMILES string of the molecule is CCOc1ccc(OCC(=O)N[C@@H]2CC[C@H](C(=O)O)C2)cc1. The van der Waals surface area contributed by atoms with E-state index >= 15 is 0 Å². The number of benzene rings is 1. The van der Waals surface area contributed by atoms with Crippen molar-refractivity contribution in [1.29, 1.82) is 0 Å². The van der Waals surface area contributed by atoms with Crippen LogP contribution in [0.15, 0.2) is 24.3 Å². The van der Waals surface area contributed by atoms with Crippen LogP contribution in [0, 0.1) is 5.92 Å². The Labute approximate surface area is 129 Å². The molecule has 0 bridgehead atoms. The lowest BCUT2D eigenvalue weighted by Crippen LogP contribution is -2.36. The first-order valence-corrected chi connectivity index (χ1v) is 7.46. The van der Waals surface area contributed by atoms with E-state index in [1.54, 1.807) is 24.3 Å². The van der Waals surface area contributed by atoms with Gasteiger partial charge in [0.2, 0.25) is 0 Å². The van der Waals surface area contributed by atoms with Crippen molar-refractivity contribution in [2.24, 2.45) is 5.92 Å². The van der Waals surface area contributed by atoms with Crippen LogP contribution in [0.5, 0.6) is 11.5 Å². The van der Waals surface area contributed by atoms with Crippen molar-refractivity contribution in [2.75, 3.05) is 13.2 Å². The summed E-state index contributed by atoms with van der Waals surface area (Å²) in [4.78, 5) is 22.7. The molecule has 1 saturated carbocycles. The highest BCUT2D eigenvalue weighted by Gasteiger charge is 2.30. The van der Waals surface area contributed by atoms with Gasteiger partial charge in [-0.15, -0.1) is 0 Å². The van der Waals surface area contributed by atoms with Crippen molar-refractivity contribution in [2.45, 2.75) is 32.2 Å². The number of carboxylic acid groups (broad SMARTS) is 1. The van der Waals surface area contributed by atoms with Crippen LogP contribution < -0.4 is 14.8 Å². The largest absolute Gasteiger partial charge is 0.494 e. The van der Waals surface area contributed by atoms with Crippen LogP contribution in [-0.2, 0) is 9.59 Å². The zero-order chi connectivity index (χ0) is 15.9. The van der Waals surface area contributed by atoms with Gasteiger partial charge in [0.15, 0.2) is 6.61 Å². The summed E-state index contributed by atoms with van der Waals surface area (Å²) in [7, 11) is 0. The number of nitrogens with one attached hydrogen (secondary N) is 1. The normalized spacial score (nSPS) is 20.4. The third kappa shape index (κ3) is 4.65. The van der Waals surface area contributed by atoms with Crippen molar-refractivity contribution in [1.82, 2.24) is 5.32 Å². The smallest absolute Gasteiger partial charge is 0.306 e. The Morgan fingerprint density at radius 2 is 1.82 bits per heavy atom. The van der Waals surface area contributed by atoms with Gasteiger partial charge < -0.3 is 19.9 Å². The van der Waals surface area contributed by atoms with Crippen molar-refractivity contribution in [3.8, 4) is 11.5 Å². The monoisotopic (exact) mass is 307 g/mol. The van der Waals surface area contributed by atoms with Crippen molar-refractivity contribution >= 4 is 11.9 Å². The molecule has 22 heavy (non-hydrogen) atoms. The molecule has 1 aliphatic carbocycles. The average Bonchev–Trinajstić information content (AvgIpc) is 2.95. The molecule has 1 aromatic carbocycles. The van der Waals surface area contributed by atoms with Gasteiger partial charge in [-0.05, 0) is 50.5 Å². The Hall–Kier alpha value is -2.24. The summed E-state index contributed by atoms with van der Waals surface area (Å²) < 4.78 is 10.7. The van der Waals surface area contributed by atoms with Gasteiger partial charge in [0.05, 0.1) is 12.5 Å². The van der Waals surface area contributed by atoms with E-state index in [4.69, 9.17) is 14.6 Å². The van der Waals surface area contributed by atoms with Gasteiger partial charge in [-0.1, -0.05) is 0 Å². The summed E-state index contributed by atoms with van der Waals surface area (Å²) in [5.41, 5.74) is 0. The van der Waals surface area contributed by atoms with Gasteiger partial charge in [-0.25, -0.2) is 0 Å². The van der Waals surface area contributed by atoms with Crippen LogP contribution in [0.3, 0.4) is 0 Å². The highest BCUT2D eigenvalue weighted by atomic mass is 16.5. The molecule has 0 aliphatic heterocycles. The fraction of sp³-hybridized carbons (Fsp3) is 0.500. The molecule has 0 aromatic heterocycles. The zero-order valence-electron chi connectivity index (χ0n) is 12.6. The van der Waals surface area contributed by atoms with Gasteiger partial charge in [-0.2, -0.15) is 0 Å². The number of hydrogen-bond acceptors (Lipinski definition) is 4. The lowest BCUT2D eigenvalue weighted by molar-refractivity contribution is -0.141. The highest BCUT2D eigenvalue weighted by molar-refractivity contribution is 5.78. The molecule has 2 rings (SSSR count). The Kier molecular flexibility index (Phi) is 5.63. The van der Waals surface area contributed by atoms with Gasteiger partial charge in [-0.3, -0.25) is 9.59 Å². The number of aliphatic carboxylic acids is 1. The molecule has 2 N–H and O–H groups in total. The molecule has 0 radical (unpaired) electrons. The third-order valence-corrected chi connectivity index (χ3v) is 3.65. The standard InChI is InChI=1S/C16H21NO5/c1-2-21-13-5-7-14(8-6-13)22-10-15(18)17-12-4-3-11(9-12)16(19)20/h5-8,11-12H,2-4,9-10H2,1H3,(H,17,18)(H,19,20)/t11-,12+/m0/s1. The maximum Gasteiger partial charge on any atom is 0.306 e. The second-order valence-corrected chi connectivity index (χ2v) is 5.31. The maximum absolute atomic E-state index is 11.8. The third-order valence-electron chi connectivity index (χ3n) is 3.65. The molecule has 6 nitrogen and oxygen atoms in total. The van der Waals surface area contributed by atoms with Crippen molar-refractivity contribution in [3.05, 3.63) is 24.3 Å². The number of hydrogen-bond donors (Lipinski definition) is 2. The minimum absolute atomic E-state index is 0.0717. The van der Waals surface area contributed by atoms with E-state index in [2.05, 4.69) is 5.32 Å². The summed E-state index contributed by atoms with van der Waals surface area (Å²) in [5, 5.41) is 11.7. The lowest BCUT2D eigenvalue weighted by atomic mass is 10.1.